The van der Waals surface area contributed by atoms with Crippen molar-refractivity contribution in [3.05, 3.63) is 34.6 Å². The lowest BCUT2D eigenvalue weighted by molar-refractivity contribution is 0.148. The predicted molar refractivity (Wildman–Crippen MR) is 222 cm³/mol. The molecule has 4 aliphatic rings. The van der Waals surface area contributed by atoms with E-state index in [1.807, 2.05) is 12.1 Å². The molecule has 0 amide bonds. The summed E-state index contributed by atoms with van der Waals surface area (Å²) in [5, 5.41) is 9.67. The van der Waals surface area contributed by atoms with Crippen LogP contribution in [0.1, 0.15) is 47.4 Å². The van der Waals surface area contributed by atoms with Crippen LogP contribution in [0.2, 0.25) is 0 Å². The van der Waals surface area contributed by atoms with Gasteiger partial charge in [-0.2, -0.15) is 0 Å². The molecule has 2 aromatic heterocycles. The molecule has 308 valence electrons. The second kappa shape index (κ2) is 18.1. The third kappa shape index (κ3) is 8.09. The average Bonchev–Trinajstić information content (AvgIpc) is 3.80. The van der Waals surface area contributed by atoms with Crippen molar-refractivity contribution in [3.63, 3.8) is 0 Å². The van der Waals surface area contributed by atoms with E-state index in [0.717, 1.165) is 138 Å². The van der Waals surface area contributed by atoms with Crippen LogP contribution in [0.3, 0.4) is 0 Å². The maximum atomic E-state index is 5.76. The molecule has 0 bridgehead atoms. The summed E-state index contributed by atoms with van der Waals surface area (Å²) in [6.07, 6.45) is 4.15. The highest BCUT2D eigenvalue weighted by Crippen LogP contribution is 2.48. The summed E-state index contributed by atoms with van der Waals surface area (Å²) in [6.45, 7) is 13.5. The van der Waals surface area contributed by atoms with Crippen molar-refractivity contribution >= 4 is 21.8 Å². The number of aromatic amines is 2. The van der Waals surface area contributed by atoms with Crippen LogP contribution in [0.5, 0.6) is 34.5 Å². The van der Waals surface area contributed by atoms with Gasteiger partial charge in [-0.25, -0.2) is 0 Å². The lowest BCUT2D eigenvalue weighted by atomic mass is 9.96. The van der Waals surface area contributed by atoms with Crippen molar-refractivity contribution in [1.29, 1.82) is 0 Å². The van der Waals surface area contributed by atoms with Gasteiger partial charge >= 0.3 is 0 Å². The number of H-pyrrole nitrogens is 2. The minimum absolute atomic E-state index is 0.331. The zero-order valence-electron chi connectivity index (χ0n) is 34.9. The summed E-state index contributed by atoms with van der Waals surface area (Å²) in [6, 6.07) is 4.70. The zero-order chi connectivity index (χ0) is 39.3. The molecule has 4 N–H and O–H groups in total. The molecule has 2 fully saturated rings. The largest absolute Gasteiger partial charge is 0.493 e. The highest BCUT2D eigenvalue weighted by atomic mass is 16.5. The van der Waals surface area contributed by atoms with Gasteiger partial charge in [0.15, 0.2) is 23.0 Å². The summed E-state index contributed by atoms with van der Waals surface area (Å²) < 4.78 is 33.8. The number of nitrogens with zero attached hydrogens (tertiary/aromatic N) is 4. The molecule has 4 aliphatic heterocycles. The number of hydrogen-bond donors (Lipinski definition) is 4. The van der Waals surface area contributed by atoms with Crippen LogP contribution in [-0.2, 0) is 12.8 Å². The van der Waals surface area contributed by atoms with Crippen LogP contribution in [-0.4, -0.2) is 165 Å². The van der Waals surface area contributed by atoms with Crippen molar-refractivity contribution < 1.29 is 28.4 Å². The van der Waals surface area contributed by atoms with E-state index >= 15 is 0 Å². The number of rotatable bonds is 12. The van der Waals surface area contributed by atoms with Crippen LogP contribution in [0.25, 0.3) is 21.8 Å². The van der Waals surface area contributed by atoms with E-state index in [2.05, 4.69) is 54.3 Å². The van der Waals surface area contributed by atoms with Crippen LogP contribution < -0.4 is 39.1 Å². The van der Waals surface area contributed by atoms with Crippen LogP contribution in [0.15, 0.2) is 12.1 Å². The Morgan fingerprint density at radius 2 is 0.893 bits per heavy atom. The van der Waals surface area contributed by atoms with E-state index in [4.69, 9.17) is 28.4 Å². The number of ether oxygens (including phenoxy) is 6. The quantitative estimate of drug-likeness (QED) is 0.166. The van der Waals surface area contributed by atoms with E-state index in [1.54, 1.807) is 42.7 Å². The number of aromatic nitrogens is 2. The summed E-state index contributed by atoms with van der Waals surface area (Å²) in [7, 11) is 14.4. The van der Waals surface area contributed by atoms with Gasteiger partial charge < -0.3 is 68.6 Å². The van der Waals surface area contributed by atoms with Crippen LogP contribution in [0, 0.1) is 0 Å². The van der Waals surface area contributed by atoms with E-state index in [-0.39, 0.29) is 0 Å². The third-order valence-electron chi connectivity index (χ3n) is 12.3. The van der Waals surface area contributed by atoms with Crippen molar-refractivity contribution in [3.8, 4) is 34.5 Å². The number of likely N-dealkylation sites (N-methyl/N-ethyl adjacent to an activating group) is 2. The van der Waals surface area contributed by atoms with E-state index < -0.39 is 0 Å². The Bertz CT molecular complexity index is 1790. The van der Waals surface area contributed by atoms with E-state index in [9.17, 15) is 0 Å². The molecule has 8 rings (SSSR count). The Hall–Kier alpha value is -3.92. The second-order valence-corrected chi connectivity index (χ2v) is 15.6. The fourth-order valence-electron chi connectivity index (χ4n) is 9.14. The van der Waals surface area contributed by atoms with Gasteiger partial charge in [0.1, 0.15) is 0 Å². The maximum absolute atomic E-state index is 5.76. The van der Waals surface area contributed by atoms with Crippen molar-refractivity contribution in [2.45, 2.75) is 37.8 Å². The Kier molecular flexibility index (Phi) is 13.0. The second-order valence-electron chi connectivity index (χ2n) is 15.6. The Morgan fingerprint density at radius 3 is 1.23 bits per heavy atom. The molecular weight excluding hydrogens is 713 g/mol. The Morgan fingerprint density at radius 1 is 0.518 bits per heavy atom. The molecule has 0 aliphatic carbocycles. The van der Waals surface area contributed by atoms with Gasteiger partial charge in [-0.1, -0.05) is 0 Å². The first kappa shape index (κ1) is 40.3. The number of fused-ring (bicyclic) bond motifs is 6. The number of methoxy groups -OCH3 is 6. The minimum atomic E-state index is 0.331. The summed E-state index contributed by atoms with van der Waals surface area (Å²) in [4.78, 5) is 17.3. The Balaban J connectivity index is 0.000000172. The number of hydrogen-bond acceptors (Lipinski definition) is 12. The van der Waals surface area contributed by atoms with Gasteiger partial charge in [0, 0.05) is 112 Å². The molecule has 2 atom stereocenters. The van der Waals surface area contributed by atoms with Crippen molar-refractivity contribution in [2.24, 2.45) is 0 Å². The lowest BCUT2D eigenvalue weighted by Gasteiger charge is -2.34. The normalized spacial score (nSPS) is 20.9. The first-order chi connectivity index (χ1) is 27.3. The van der Waals surface area contributed by atoms with E-state index in [1.165, 1.54) is 22.5 Å². The zero-order valence-corrected chi connectivity index (χ0v) is 34.9. The minimum Gasteiger partial charge on any atom is -0.493 e. The van der Waals surface area contributed by atoms with Crippen molar-refractivity contribution in [2.75, 3.05) is 135 Å². The lowest BCUT2D eigenvalue weighted by Crippen LogP contribution is -2.45. The first-order valence-electron chi connectivity index (χ1n) is 20.3. The molecule has 14 heteroatoms. The molecule has 0 radical (unpaired) electrons. The molecule has 0 spiro atoms. The molecule has 2 aromatic carbocycles. The molecule has 56 heavy (non-hydrogen) atoms. The third-order valence-corrected chi connectivity index (χ3v) is 12.3. The van der Waals surface area contributed by atoms with Crippen LogP contribution >= 0.6 is 0 Å². The molecule has 0 unspecified atom stereocenters. The van der Waals surface area contributed by atoms with Gasteiger partial charge in [-0.3, -0.25) is 0 Å². The number of benzene rings is 2. The van der Waals surface area contributed by atoms with Gasteiger partial charge in [-0.05, 0) is 64.0 Å². The molecular formula is C42H64N8O6. The molecule has 14 nitrogen and oxygen atoms in total. The SMILES string of the molecule is COc1cc2[nH]c3c(c2c(OC)c1OC)CCN[C@@H]3CCN1CCN(C)CC1.COc1cc2[nH]c3c(c2c(OC)c1OC)CCN[C@H]3CCN1CCN(C)CC1. The molecule has 4 aromatic rings. The Labute approximate surface area is 332 Å². The summed E-state index contributed by atoms with van der Waals surface area (Å²) in [5.74, 6) is 4.21. The number of nitrogens with one attached hydrogen (secondary N) is 4. The van der Waals surface area contributed by atoms with E-state index in [0.29, 0.717) is 35.1 Å². The average molecular weight is 777 g/mol. The highest BCUT2D eigenvalue weighted by Gasteiger charge is 2.31. The number of piperazine rings is 2. The maximum Gasteiger partial charge on any atom is 0.204 e. The first-order valence-corrected chi connectivity index (χ1v) is 20.3. The smallest absolute Gasteiger partial charge is 0.204 e. The molecule has 6 heterocycles. The van der Waals surface area contributed by atoms with Gasteiger partial charge in [0.25, 0.3) is 0 Å². The van der Waals surface area contributed by atoms with Gasteiger partial charge in [-0.15, -0.1) is 0 Å². The van der Waals surface area contributed by atoms with Crippen LogP contribution in [0.4, 0.5) is 0 Å². The highest BCUT2D eigenvalue weighted by molar-refractivity contribution is 5.96. The molecule has 0 saturated carbocycles. The summed E-state index contributed by atoms with van der Waals surface area (Å²) >= 11 is 0. The van der Waals surface area contributed by atoms with Gasteiger partial charge in [0.2, 0.25) is 11.5 Å². The van der Waals surface area contributed by atoms with Gasteiger partial charge in [0.05, 0.1) is 53.7 Å². The standard InChI is InChI=1S/2C21H32N4O3/c2*1-24-9-11-25(12-10-24)8-6-15-19-14(5-7-22-15)18-16(23-19)13-17(26-2)20(27-3)21(18)28-4/h2*13,15,22-23H,5-12H2,1-4H3/t2*15-/m10/s1. The fraction of sp³-hybridized carbons (Fsp3) is 0.619. The van der Waals surface area contributed by atoms with Crippen molar-refractivity contribution in [1.82, 2.24) is 40.2 Å². The predicted octanol–water partition coefficient (Wildman–Crippen LogP) is 4.04. The topological polar surface area (TPSA) is 124 Å². The molecule has 2 saturated heterocycles. The summed E-state index contributed by atoms with van der Waals surface area (Å²) in [5.41, 5.74) is 7.35. The monoisotopic (exact) mass is 776 g/mol. The fourth-order valence-corrected chi connectivity index (χ4v) is 9.14.